The molecule has 0 amide bonds. The molecular weight excluding hydrogens is 166 g/mol. The van der Waals surface area contributed by atoms with Crippen molar-refractivity contribution in [3.05, 3.63) is 12.0 Å². The molecule has 0 unspecified atom stereocenters. The highest BCUT2D eigenvalue weighted by molar-refractivity contribution is 5.20. The molecule has 1 saturated carbocycles. The molecule has 4 heteroatoms. The molecule has 0 radical (unpaired) electrons. The van der Waals surface area contributed by atoms with E-state index in [4.69, 9.17) is 4.42 Å². The summed E-state index contributed by atoms with van der Waals surface area (Å²) in [4.78, 5) is 4.26. The minimum absolute atomic E-state index is 0.620. The molecule has 0 aromatic carbocycles. The molecule has 1 aromatic rings. The summed E-state index contributed by atoms with van der Waals surface area (Å²) < 4.78 is 5.20. The smallest absolute Gasteiger partial charge is 0.294 e. The monoisotopic (exact) mass is 181 g/mol. The minimum Gasteiger partial charge on any atom is -0.432 e. The molecule has 1 aliphatic rings. The summed E-state index contributed by atoms with van der Waals surface area (Å²) in [7, 11) is 0. The van der Waals surface area contributed by atoms with E-state index in [2.05, 4.69) is 15.6 Å². The molecule has 0 bridgehead atoms. The third-order valence-corrected chi connectivity index (χ3v) is 2.03. The summed E-state index contributed by atoms with van der Waals surface area (Å²) in [6.07, 6.45) is 4.31. The van der Waals surface area contributed by atoms with Gasteiger partial charge in [0.2, 0.25) is 0 Å². The van der Waals surface area contributed by atoms with Gasteiger partial charge in [0.1, 0.15) is 6.26 Å². The van der Waals surface area contributed by atoms with Crippen molar-refractivity contribution in [3.8, 4) is 0 Å². The van der Waals surface area contributed by atoms with Gasteiger partial charge in [0.15, 0.2) is 0 Å². The Bertz CT molecular complexity index is 268. The van der Waals surface area contributed by atoms with E-state index in [0.29, 0.717) is 6.01 Å². The van der Waals surface area contributed by atoms with Gasteiger partial charge in [-0.2, -0.15) is 4.98 Å². The molecular formula is C9H15N3O. The van der Waals surface area contributed by atoms with Gasteiger partial charge in [0, 0.05) is 19.1 Å². The molecule has 1 aromatic heterocycles. The Morgan fingerprint density at radius 1 is 1.62 bits per heavy atom. The van der Waals surface area contributed by atoms with Crippen LogP contribution < -0.4 is 10.6 Å². The van der Waals surface area contributed by atoms with Crippen LogP contribution in [-0.4, -0.2) is 17.6 Å². The van der Waals surface area contributed by atoms with Crippen molar-refractivity contribution in [2.75, 3.05) is 11.9 Å². The number of hydrogen-bond donors (Lipinski definition) is 2. The summed E-state index contributed by atoms with van der Waals surface area (Å²) in [6.45, 7) is 3.68. The first-order chi connectivity index (χ1) is 6.38. The first-order valence-electron chi connectivity index (χ1n) is 4.80. The van der Waals surface area contributed by atoms with Crippen LogP contribution in [0.15, 0.2) is 10.7 Å². The van der Waals surface area contributed by atoms with Crippen molar-refractivity contribution in [2.45, 2.75) is 32.4 Å². The third-order valence-electron chi connectivity index (χ3n) is 2.03. The molecule has 2 N–H and O–H groups in total. The Morgan fingerprint density at radius 3 is 3.15 bits per heavy atom. The number of aromatic nitrogens is 1. The lowest BCUT2D eigenvalue weighted by Crippen LogP contribution is -2.15. The number of nitrogens with one attached hydrogen (secondary N) is 2. The van der Waals surface area contributed by atoms with Gasteiger partial charge in [-0.05, 0) is 19.8 Å². The van der Waals surface area contributed by atoms with Gasteiger partial charge in [0.05, 0.1) is 5.69 Å². The van der Waals surface area contributed by atoms with Crippen LogP contribution in [-0.2, 0) is 6.54 Å². The second-order valence-corrected chi connectivity index (χ2v) is 3.33. The zero-order valence-electron chi connectivity index (χ0n) is 7.84. The molecule has 72 valence electrons. The minimum atomic E-state index is 0.620. The summed E-state index contributed by atoms with van der Waals surface area (Å²) in [5.74, 6) is 0. The van der Waals surface area contributed by atoms with Crippen LogP contribution in [0.5, 0.6) is 0 Å². The summed E-state index contributed by atoms with van der Waals surface area (Å²) in [6, 6.07) is 1.34. The van der Waals surface area contributed by atoms with Crippen LogP contribution in [0.1, 0.15) is 25.5 Å². The largest absolute Gasteiger partial charge is 0.432 e. The zero-order chi connectivity index (χ0) is 9.10. The Hall–Kier alpha value is -1.03. The maximum atomic E-state index is 5.20. The van der Waals surface area contributed by atoms with Crippen LogP contribution in [0.3, 0.4) is 0 Å². The predicted octanol–water partition coefficient (Wildman–Crippen LogP) is 1.36. The van der Waals surface area contributed by atoms with Crippen LogP contribution in [0.25, 0.3) is 0 Å². The van der Waals surface area contributed by atoms with Crippen LogP contribution in [0, 0.1) is 0 Å². The Balaban J connectivity index is 1.81. The Kier molecular flexibility index (Phi) is 2.49. The fourth-order valence-corrected chi connectivity index (χ4v) is 1.16. The van der Waals surface area contributed by atoms with Crippen LogP contribution in [0.4, 0.5) is 6.01 Å². The number of rotatable bonds is 5. The van der Waals surface area contributed by atoms with Crippen LogP contribution >= 0.6 is 0 Å². The predicted molar refractivity (Wildman–Crippen MR) is 50.5 cm³/mol. The van der Waals surface area contributed by atoms with Crippen LogP contribution in [0.2, 0.25) is 0 Å². The zero-order valence-corrected chi connectivity index (χ0v) is 7.84. The average Bonchev–Trinajstić information content (AvgIpc) is 2.85. The summed E-state index contributed by atoms with van der Waals surface area (Å²) in [5.41, 5.74) is 0.975. The van der Waals surface area contributed by atoms with E-state index in [1.807, 2.05) is 6.92 Å². The Labute approximate surface area is 77.7 Å². The lowest BCUT2D eigenvalue weighted by atomic mass is 10.5. The fraction of sp³-hybridized carbons (Fsp3) is 0.667. The molecule has 4 nitrogen and oxygen atoms in total. The molecule has 0 atom stereocenters. The van der Waals surface area contributed by atoms with E-state index in [9.17, 15) is 0 Å². The highest BCUT2D eigenvalue weighted by Crippen LogP contribution is 2.19. The maximum Gasteiger partial charge on any atom is 0.294 e. The number of hydrogen-bond acceptors (Lipinski definition) is 4. The third kappa shape index (κ3) is 2.45. The standard InChI is InChI=1S/C9H15N3O/c1-2-10-9-12-8(6-13-9)5-11-7-3-4-7/h6-7,11H,2-5H2,1H3,(H,10,12). The van der Waals surface area contributed by atoms with E-state index in [0.717, 1.165) is 24.8 Å². The molecule has 0 spiro atoms. The van der Waals surface area contributed by atoms with Gasteiger partial charge in [-0.1, -0.05) is 0 Å². The van der Waals surface area contributed by atoms with Crippen molar-refractivity contribution < 1.29 is 4.42 Å². The lowest BCUT2D eigenvalue weighted by molar-refractivity contribution is 0.568. The molecule has 1 aliphatic carbocycles. The number of nitrogens with zero attached hydrogens (tertiary/aromatic N) is 1. The summed E-state index contributed by atoms with van der Waals surface area (Å²) in [5, 5.41) is 6.40. The molecule has 13 heavy (non-hydrogen) atoms. The first-order valence-corrected chi connectivity index (χ1v) is 4.80. The van der Waals surface area contributed by atoms with Crippen molar-refractivity contribution in [1.82, 2.24) is 10.3 Å². The summed E-state index contributed by atoms with van der Waals surface area (Å²) >= 11 is 0. The van der Waals surface area contributed by atoms with Gasteiger partial charge in [-0.15, -0.1) is 0 Å². The molecule has 1 heterocycles. The topological polar surface area (TPSA) is 50.1 Å². The maximum absolute atomic E-state index is 5.20. The SMILES string of the molecule is CCNc1nc(CNC2CC2)co1. The molecule has 0 aliphatic heterocycles. The van der Waals surface area contributed by atoms with Crippen molar-refractivity contribution >= 4 is 6.01 Å². The number of anilines is 1. The van der Waals surface area contributed by atoms with Gasteiger partial charge >= 0.3 is 0 Å². The number of oxazole rings is 1. The fourth-order valence-electron chi connectivity index (χ4n) is 1.16. The quantitative estimate of drug-likeness (QED) is 0.720. The van der Waals surface area contributed by atoms with Crippen molar-refractivity contribution in [2.24, 2.45) is 0 Å². The van der Waals surface area contributed by atoms with Gasteiger partial charge in [-0.25, -0.2) is 0 Å². The average molecular weight is 181 g/mol. The molecule has 0 saturated heterocycles. The van der Waals surface area contributed by atoms with Gasteiger partial charge < -0.3 is 15.1 Å². The second-order valence-electron chi connectivity index (χ2n) is 3.33. The lowest BCUT2D eigenvalue weighted by Gasteiger charge is -1.96. The second kappa shape index (κ2) is 3.79. The van der Waals surface area contributed by atoms with E-state index < -0.39 is 0 Å². The van der Waals surface area contributed by atoms with E-state index in [1.54, 1.807) is 6.26 Å². The Morgan fingerprint density at radius 2 is 2.46 bits per heavy atom. The van der Waals surface area contributed by atoms with Crippen molar-refractivity contribution in [1.29, 1.82) is 0 Å². The van der Waals surface area contributed by atoms with E-state index in [-0.39, 0.29) is 0 Å². The molecule has 2 rings (SSSR count). The van der Waals surface area contributed by atoms with E-state index >= 15 is 0 Å². The first kappa shape index (κ1) is 8.56. The normalized spacial score (nSPS) is 16.1. The van der Waals surface area contributed by atoms with E-state index in [1.165, 1.54) is 12.8 Å². The van der Waals surface area contributed by atoms with Crippen molar-refractivity contribution in [3.63, 3.8) is 0 Å². The highest BCUT2D eigenvalue weighted by Gasteiger charge is 2.20. The van der Waals surface area contributed by atoms with Gasteiger partial charge in [0.25, 0.3) is 6.01 Å². The van der Waals surface area contributed by atoms with Gasteiger partial charge in [-0.3, -0.25) is 0 Å². The molecule has 1 fully saturated rings. The highest BCUT2D eigenvalue weighted by atomic mass is 16.4.